The lowest BCUT2D eigenvalue weighted by molar-refractivity contribution is -0.127. The van der Waals surface area contributed by atoms with Gasteiger partial charge < -0.3 is 10.6 Å². The predicted octanol–water partition coefficient (Wildman–Crippen LogP) is 1.39. The topological polar surface area (TPSA) is 78.5 Å². The predicted molar refractivity (Wildman–Crippen MR) is 96.6 cm³/mol. The maximum Gasteiger partial charge on any atom is 0.242 e. The average molecular weight is 376 g/mol. The molecule has 1 amide bonds. The number of carbonyl (C=O) groups excluding carboxylic acids is 1. The van der Waals surface area contributed by atoms with Crippen molar-refractivity contribution in [2.45, 2.75) is 24.8 Å². The van der Waals surface area contributed by atoms with Crippen LogP contribution in [0.5, 0.6) is 0 Å². The van der Waals surface area contributed by atoms with E-state index in [9.17, 15) is 13.2 Å². The molecule has 1 aromatic rings. The number of hydrogen-bond acceptors (Lipinski definition) is 4. The first-order chi connectivity index (χ1) is 10.7. The van der Waals surface area contributed by atoms with Gasteiger partial charge in [-0.25, -0.2) is 12.7 Å². The number of rotatable bonds is 6. The molecule has 1 aromatic carbocycles. The number of nitrogens with zero attached hydrogens (tertiary/aromatic N) is 1. The summed E-state index contributed by atoms with van der Waals surface area (Å²) in [5.74, 6) is 0.413. The molecule has 24 heavy (non-hydrogen) atoms. The molecule has 0 aromatic heterocycles. The van der Waals surface area contributed by atoms with Crippen molar-refractivity contribution in [2.24, 2.45) is 11.8 Å². The van der Waals surface area contributed by atoms with Gasteiger partial charge in [0.2, 0.25) is 15.9 Å². The lowest BCUT2D eigenvalue weighted by Crippen LogP contribution is -2.49. The lowest BCUT2D eigenvalue weighted by Gasteiger charge is -2.32. The Bertz CT molecular complexity index is 658. The van der Waals surface area contributed by atoms with Gasteiger partial charge in [0.25, 0.3) is 0 Å². The van der Waals surface area contributed by atoms with Crippen LogP contribution in [0.25, 0.3) is 0 Å². The fourth-order valence-corrected chi connectivity index (χ4v) is 3.35. The Morgan fingerprint density at radius 3 is 2.17 bits per heavy atom. The zero-order valence-electron chi connectivity index (χ0n) is 14.4. The zero-order valence-corrected chi connectivity index (χ0v) is 16.1. The molecule has 2 unspecified atom stereocenters. The monoisotopic (exact) mass is 375 g/mol. The van der Waals surface area contributed by atoms with Crippen molar-refractivity contribution < 1.29 is 13.2 Å². The van der Waals surface area contributed by atoms with Crippen LogP contribution in [0.1, 0.15) is 25.5 Å². The molecule has 0 saturated carbocycles. The van der Waals surface area contributed by atoms with Gasteiger partial charge >= 0.3 is 0 Å². The van der Waals surface area contributed by atoms with Crippen LogP contribution in [-0.4, -0.2) is 45.8 Å². The van der Waals surface area contributed by atoms with Gasteiger partial charge in [-0.2, -0.15) is 0 Å². The first kappa shape index (κ1) is 20.9. The summed E-state index contributed by atoms with van der Waals surface area (Å²) in [5, 5.41) is 6.17. The third-order valence-electron chi connectivity index (χ3n) is 4.45. The molecule has 2 atom stereocenters. The van der Waals surface area contributed by atoms with Crippen molar-refractivity contribution in [3.63, 3.8) is 0 Å². The Morgan fingerprint density at radius 2 is 1.75 bits per heavy atom. The van der Waals surface area contributed by atoms with Gasteiger partial charge in [0, 0.05) is 20.0 Å². The van der Waals surface area contributed by atoms with E-state index < -0.39 is 10.0 Å². The van der Waals surface area contributed by atoms with Gasteiger partial charge in [-0.15, -0.1) is 12.4 Å². The molecule has 136 valence electrons. The zero-order chi connectivity index (χ0) is 17.2. The van der Waals surface area contributed by atoms with Crippen molar-refractivity contribution in [3.8, 4) is 0 Å². The van der Waals surface area contributed by atoms with Gasteiger partial charge in [0.1, 0.15) is 0 Å². The highest BCUT2D eigenvalue weighted by molar-refractivity contribution is 7.89. The Balaban J connectivity index is 0.00000288. The quantitative estimate of drug-likeness (QED) is 0.787. The van der Waals surface area contributed by atoms with E-state index in [-0.39, 0.29) is 35.2 Å². The fourth-order valence-electron chi connectivity index (χ4n) is 2.45. The van der Waals surface area contributed by atoms with E-state index in [2.05, 4.69) is 10.6 Å². The van der Waals surface area contributed by atoms with E-state index in [1.807, 2.05) is 13.8 Å². The first-order valence-corrected chi connectivity index (χ1v) is 9.21. The largest absolute Gasteiger partial charge is 0.349 e. The van der Waals surface area contributed by atoms with E-state index >= 15 is 0 Å². The number of sulfonamides is 1. The number of benzene rings is 1. The molecule has 1 saturated heterocycles. The molecule has 0 radical (unpaired) electrons. The van der Waals surface area contributed by atoms with Crippen LogP contribution < -0.4 is 10.6 Å². The Hall–Kier alpha value is -1.15. The highest BCUT2D eigenvalue weighted by atomic mass is 35.5. The second-order valence-electron chi connectivity index (χ2n) is 6.29. The second-order valence-corrected chi connectivity index (χ2v) is 8.45. The van der Waals surface area contributed by atoms with Crippen LogP contribution >= 0.6 is 12.4 Å². The van der Waals surface area contributed by atoms with Crippen molar-refractivity contribution in [1.29, 1.82) is 0 Å². The molecule has 1 aliphatic rings. The van der Waals surface area contributed by atoms with Gasteiger partial charge in [0.05, 0.1) is 10.9 Å². The standard InChI is InChI=1S/C16H25N3O3S.ClH/c1-11(14-9-17-10-14)16(20)18-12(2)13-5-7-15(8-6-13)23(21,22)19(3)4;/h5-8,11-12,14,17H,9-10H2,1-4H3,(H,18,20);1H. The number of amides is 1. The van der Waals surface area contributed by atoms with E-state index in [4.69, 9.17) is 0 Å². The van der Waals surface area contributed by atoms with Crippen LogP contribution in [0.4, 0.5) is 0 Å². The molecule has 0 spiro atoms. The highest BCUT2D eigenvalue weighted by Crippen LogP contribution is 2.20. The summed E-state index contributed by atoms with van der Waals surface area (Å²) in [4.78, 5) is 12.5. The third kappa shape index (κ3) is 4.47. The van der Waals surface area contributed by atoms with Crippen LogP contribution in [0.2, 0.25) is 0 Å². The molecule has 2 N–H and O–H groups in total. The van der Waals surface area contributed by atoms with Gasteiger partial charge in [-0.3, -0.25) is 4.79 Å². The summed E-state index contributed by atoms with van der Waals surface area (Å²) in [6.07, 6.45) is 0. The van der Waals surface area contributed by atoms with Crippen LogP contribution in [0.3, 0.4) is 0 Å². The smallest absolute Gasteiger partial charge is 0.242 e. The van der Waals surface area contributed by atoms with Crippen molar-refractivity contribution in [3.05, 3.63) is 29.8 Å². The number of halogens is 1. The molecular weight excluding hydrogens is 350 g/mol. The summed E-state index contributed by atoms with van der Waals surface area (Å²) in [6, 6.07) is 6.49. The minimum absolute atomic E-state index is 0. The Kier molecular flexibility index (Phi) is 7.22. The van der Waals surface area contributed by atoms with Crippen LogP contribution in [0, 0.1) is 11.8 Å². The first-order valence-electron chi connectivity index (χ1n) is 7.77. The van der Waals surface area contributed by atoms with Crippen molar-refractivity contribution in [2.75, 3.05) is 27.2 Å². The van der Waals surface area contributed by atoms with Gasteiger partial charge in [-0.05, 0) is 43.6 Å². The van der Waals surface area contributed by atoms with Crippen LogP contribution in [0.15, 0.2) is 29.2 Å². The minimum Gasteiger partial charge on any atom is -0.349 e. The third-order valence-corrected chi connectivity index (χ3v) is 6.28. The summed E-state index contributed by atoms with van der Waals surface area (Å²) in [6.45, 7) is 5.62. The molecule has 0 aliphatic carbocycles. The summed E-state index contributed by atoms with van der Waals surface area (Å²) in [5.41, 5.74) is 0.884. The Morgan fingerprint density at radius 1 is 1.21 bits per heavy atom. The highest BCUT2D eigenvalue weighted by Gasteiger charge is 2.29. The van der Waals surface area contributed by atoms with E-state index in [0.29, 0.717) is 5.92 Å². The maximum atomic E-state index is 12.2. The normalized spacial score (nSPS) is 17.5. The lowest BCUT2D eigenvalue weighted by atomic mass is 9.88. The number of nitrogens with one attached hydrogen (secondary N) is 2. The van der Waals surface area contributed by atoms with Crippen LogP contribution in [-0.2, 0) is 14.8 Å². The number of hydrogen-bond donors (Lipinski definition) is 2. The summed E-state index contributed by atoms with van der Waals surface area (Å²) in [7, 11) is -0.418. The summed E-state index contributed by atoms with van der Waals surface area (Å²) < 4.78 is 25.3. The maximum absolute atomic E-state index is 12.2. The summed E-state index contributed by atoms with van der Waals surface area (Å²) >= 11 is 0. The molecule has 2 rings (SSSR count). The average Bonchev–Trinajstić information content (AvgIpc) is 2.45. The second kappa shape index (κ2) is 8.29. The molecule has 0 bridgehead atoms. The molecule has 8 heteroatoms. The van der Waals surface area contributed by atoms with E-state index in [1.54, 1.807) is 24.3 Å². The van der Waals surface area contributed by atoms with E-state index in [0.717, 1.165) is 18.7 Å². The SMILES string of the molecule is CC(NC(=O)C(C)C1CNC1)c1ccc(S(=O)(=O)N(C)C)cc1.Cl. The molecule has 1 fully saturated rings. The molecule has 1 aliphatic heterocycles. The number of carbonyl (C=O) groups is 1. The molecular formula is C16H26ClN3O3S. The fraction of sp³-hybridized carbons (Fsp3) is 0.562. The van der Waals surface area contributed by atoms with Crippen molar-refractivity contribution in [1.82, 2.24) is 14.9 Å². The molecule has 1 heterocycles. The van der Waals surface area contributed by atoms with Gasteiger partial charge in [0.15, 0.2) is 0 Å². The van der Waals surface area contributed by atoms with E-state index in [1.165, 1.54) is 18.4 Å². The van der Waals surface area contributed by atoms with Crippen molar-refractivity contribution >= 4 is 28.3 Å². The Labute approximate surface area is 150 Å². The molecule has 6 nitrogen and oxygen atoms in total. The minimum atomic E-state index is -3.42. The van der Waals surface area contributed by atoms with Gasteiger partial charge in [-0.1, -0.05) is 19.1 Å².